The molecular weight excluding hydrogens is 314 g/mol. The number of para-hydroxylation sites is 1. The van der Waals surface area contributed by atoms with E-state index in [0.29, 0.717) is 12.1 Å². The normalized spacial score (nSPS) is 19.5. The summed E-state index contributed by atoms with van der Waals surface area (Å²) in [5.41, 5.74) is 3.09. The standard InChI is InChI=1S/C20H23N3O2/c24-20(22-14-16-8-5-13-25-16)17-9-3-11-21-19(17)23-12-4-7-15-6-1-2-10-18(15)23/h1-3,6,9-11,16H,4-5,7-8,12-14H2,(H,22,24). The Morgan fingerprint density at radius 2 is 2.16 bits per heavy atom. The van der Waals surface area contributed by atoms with Gasteiger partial charge in [-0.05, 0) is 49.4 Å². The fourth-order valence-electron chi connectivity index (χ4n) is 3.65. The van der Waals surface area contributed by atoms with Crippen LogP contribution in [0.25, 0.3) is 0 Å². The molecule has 2 aromatic rings. The van der Waals surface area contributed by atoms with Gasteiger partial charge in [-0.2, -0.15) is 0 Å². The molecule has 4 rings (SSSR count). The first-order valence-corrected chi connectivity index (χ1v) is 9.03. The highest BCUT2D eigenvalue weighted by Gasteiger charge is 2.24. The highest BCUT2D eigenvalue weighted by atomic mass is 16.5. The van der Waals surface area contributed by atoms with Gasteiger partial charge in [0.05, 0.1) is 11.7 Å². The number of nitrogens with zero attached hydrogens (tertiary/aromatic N) is 2. The van der Waals surface area contributed by atoms with Crippen LogP contribution < -0.4 is 10.2 Å². The number of aryl methyl sites for hydroxylation is 1. The molecule has 130 valence electrons. The van der Waals surface area contributed by atoms with E-state index < -0.39 is 0 Å². The molecule has 1 N–H and O–H groups in total. The number of anilines is 2. The van der Waals surface area contributed by atoms with Crippen molar-refractivity contribution < 1.29 is 9.53 Å². The quantitative estimate of drug-likeness (QED) is 0.931. The number of hydrogen-bond donors (Lipinski definition) is 1. The van der Waals surface area contributed by atoms with Gasteiger partial charge in [0.15, 0.2) is 0 Å². The van der Waals surface area contributed by atoms with E-state index in [2.05, 4.69) is 33.4 Å². The summed E-state index contributed by atoms with van der Waals surface area (Å²) in [6, 6.07) is 12.0. The molecular formula is C20H23N3O2. The number of benzene rings is 1. The number of pyridine rings is 1. The van der Waals surface area contributed by atoms with Gasteiger partial charge in [0.25, 0.3) is 5.91 Å². The third-order valence-corrected chi connectivity index (χ3v) is 4.91. The van der Waals surface area contributed by atoms with Crippen LogP contribution in [0.5, 0.6) is 0 Å². The SMILES string of the molecule is O=C(NCC1CCCO1)c1cccnc1N1CCCc2ccccc21. The Morgan fingerprint density at radius 3 is 3.04 bits per heavy atom. The molecule has 1 aromatic heterocycles. The first kappa shape index (κ1) is 16.1. The zero-order chi connectivity index (χ0) is 17.1. The number of ether oxygens (including phenoxy) is 1. The summed E-state index contributed by atoms with van der Waals surface area (Å²) in [5, 5.41) is 3.01. The molecule has 1 fully saturated rings. The van der Waals surface area contributed by atoms with Crippen molar-refractivity contribution in [1.82, 2.24) is 10.3 Å². The summed E-state index contributed by atoms with van der Waals surface area (Å²) in [4.78, 5) is 19.4. The van der Waals surface area contributed by atoms with Gasteiger partial charge in [0.1, 0.15) is 5.82 Å². The minimum atomic E-state index is -0.0818. The van der Waals surface area contributed by atoms with E-state index >= 15 is 0 Å². The van der Waals surface area contributed by atoms with Gasteiger partial charge in [0, 0.05) is 31.6 Å². The van der Waals surface area contributed by atoms with Crippen molar-refractivity contribution in [1.29, 1.82) is 0 Å². The van der Waals surface area contributed by atoms with Crippen LogP contribution >= 0.6 is 0 Å². The first-order chi connectivity index (χ1) is 12.3. The molecule has 2 aliphatic heterocycles. The zero-order valence-corrected chi connectivity index (χ0v) is 14.3. The van der Waals surface area contributed by atoms with Crippen molar-refractivity contribution in [2.24, 2.45) is 0 Å². The van der Waals surface area contributed by atoms with Crippen LogP contribution in [0, 0.1) is 0 Å². The second kappa shape index (κ2) is 7.23. The average molecular weight is 337 g/mol. The van der Waals surface area contributed by atoms with E-state index in [9.17, 15) is 4.79 Å². The maximum Gasteiger partial charge on any atom is 0.255 e. The number of carbonyl (C=O) groups excluding carboxylic acids is 1. The van der Waals surface area contributed by atoms with Crippen molar-refractivity contribution in [3.8, 4) is 0 Å². The third-order valence-electron chi connectivity index (χ3n) is 4.91. The predicted molar refractivity (Wildman–Crippen MR) is 97.3 cm³/mol. The van der Waals surface area contributed by atoms with Crippen LogP contribution in [0.1, 0.15) is 35.2 Å². The number of aromatic nitrogens is 1. The van der Waals surface area contributed by atoms with Crippen molar-refractivity contribution in [2.45, 2.75) is 31.8 Å². The van der Waals surface area contributed by atoms with Crippen LogP contribution in [-0.4, -0.2) is 36.7 Å². The van der Waals surface area contributed by atoms with Gasteiger partial charge in [-0.1, -0.05) is 18.2 Å². The van der Waals surface area contributed by atoms with E-state index in [0.717, 1.165) is 50.3 Å². The lowest BCUT2D eigenvalue weighted by Gasteiger charge is -2.31. The van der Waals surface area contributed by atoms with Gasteiger partial charge < -0.3 is 15.0 Å². The highest BCUT2D eigenvalue weighted by Crippen LogP contribution is 2.33. The highest BCUT2D eigenvalue weighted by molar-refractivity contribution is 5.99. The fourth-order valence-corrected chi connectivity index (χ4v) is 3.65. The van der Waals surface area contributed by atoms with Gasteiger partial charge >= 0.3 is 0 Å². The summed E-state index contributed by atoms with van der Waals surface area (Å²) in [5.74, 6) is 0.654. The van der Waals surface area contributed by atoms with Crippen LogP contribution in [-0.2, 0) is 11.2 Å². The van der Waals surface area contributed by atoms with E-state index in [-0.39, 0.29) is 12.0 Å². The van der Waals surface area contributed by atoms with Crippen molar-refractivity contribution in [2.75, 3.05) is 24.6 Å². The Bertz CT molecular complexity index is 756. The molecule has 1 atom stereocenters. The van der Waals surface area contributed by atoms with Crippen molar-refractivity contribution >= 4 is 17.4 Å². The maximum absolute atomic E-state index is 12.7. The lowest BCUT2D eigenvalue weighted by molar-refractivity contribution is 0.0858. The molecule has 25 heavy (non-hydrogen) atoms. The summed E-state index contributed by atoms with van der Waals surface area (Å²) in [7, 11) is 0. The molecule has 1 saturated heterocycles. The summed E-state index contributed by atoms with van der Waals surface area (Å²) >= 11 is 0. The summed E-state index contributed by atoms with van der Waals surface area (Å²) in [6.45, 7) is 2.23. The Kier molecular flexibility index (Phi) is 4.65. The second-order valence-corrected chi connectivity index (χ2v) is 6.60. The number of rotatable bonds is 4. The van der Waals surface area contributed by atoms with E-state index in [1.165, 1.54) is 5.56 Å². The number of fused-ring (bicyclic) bond motifs is 1. The Balaban J connectivity index is 1.58. The van der Waals surface area contributed by atoms with E-state index in [1.807, 2.05) is 18.2 Å². The molecule has 0 saturated carbocycles. The minimum absolute atomic E-state index is 0.0818. The van der Waals surface area contributed by atoms with Crippen molar-refractivity contribution in [3.63, 3.8) is 0 Å². The van der Waals surface area contributed by atoms with Gasteiger partial charge in [-0.25, -0.2) is 4.98 Å². The topological polar surface area (TPSA) is 54.5 Å². The second-order valence-electron chi connectivity index (χ2n) is 6.60. The molecule has 0 aliphatic carbocycles. The maximum atomic E-state index is 12.7. The smallest absolute Gasteiger partial charge is 0.255 e. The van der Waals surface area contributed by atoms with Crippen LogP contribution in [0.15, 0.2) is 42.6 Å². The molecule has 0 spiro atoms. The summed E-state index contributed by atoms with van der Waals surface area (Å²) in [6.07, 6.45) is 6.11. The molecule has 2 aliphatic rings. The average Bonchev–Trinajstić information content (AvgIpc) is 3.19. The molecule has 1 aromatic carbocycles. The molecule has 1 unspecified atom stereocenters. The lowest BCUT2D eigenvalue weighted by Crippen LogP contribution is -2.34. The molecule has 0 bridgehead atoms. The zero-order valence-electron chi connectivity index (χ0n) is 14.3. The number of carbonyl (C=O) groups is 1. The van der Waals surface area contributed by atoms with Crippen LogP contribution in [0.2, 0.25) is 0 Å². The van der Waals surface area contributed by atoms with Gasteiger partial charge in [0.2, 0.25) is 0 Å². The minimum Gasteiger partial charge on any atom is -0.376 e. The van der Waals surface area contributed by atoms with E-state index in [1.54, 1.807) is 6.20 Å². The lowest BCUT2D eigenvalue weighted by atomic mass is 10.0. The Labute approximate surface area is 148 Å². The molecule has 0 radical (unpaired) electrons. The molecule has 5 nitrogen and oxygen atoms in total. The number of amides is 1. The van der Waals surface area contributed by atoms with Gasteiger partial charge in [-0.3, -0.25) is 4.79 Å². The fraction of sp³-hybridized carbons (Fsp3) is 0.400. The predicted octanol–water partition coefficient (Wildman–Crippen LogP) is 3.07. The largest absolute Gasteiger partial charge is 0.376 e. The third kappa shape index (κ3) is 3.37. The van der Waals surface area contributed by atoms with E-state index in [4.69, 9.17) is 4.74 Å². The Morgan fingerprint density at radius 1 is 1.24 bits per heavy atom. The van der Waals surface area contributed by atoms with Crippen LogP contribution in [0.4, 0.5) is 11.5 Å². The summed E-state index contributed by atoms with van der Waals surface area (Å²) < 4.78 is 5.59. The number of hydrogen-bond acceptors (Lipinski definition) is 4. The molecule has 1 amide bonds. The first-order valence-electron chi connectivity index (χ1n) is 9.03. The number of nitrogens with one attached hydrogen (secondary N) is 1. The Hall–Kier alpha value is -2.40. The monoisotopic (exact) mass is 337 g/mol. The van der Waals surface area contributed by atoms with Crippen molar-refractivity contribution in [3.05, 3.63) is 53.7 Å². The molecule has 5 heteroatoms. The van der Waals surface area contributed by atoms with Crippen LogP contribution in [0.3, 0.4) is 0 Å². The molecule has 3 heterocycles. The van der Waals surface area contributed by atoms with Gasteiger partial charge in [-0.15, -0.1) is 0 Å².